The van der Waals surface area contributed by atoms with E-state index in [1.807, 2.05) is 24.3 Å². The van der Waals surface area contributed by atoms with E-state index < -0.39 is 0 Å². The maximum absolute atomic E-state index is 13.3. The Morgan fingerprint density at radius 3 is 1.75 bits per heavy atom. The number of quaternary nitrogens is 1. The first kappa shape index (κ1) is 16.2. The van der Waals surface area contributed by atoms with E-state index in [4.69, 9.17) is 18.9 Å². The number of fused-ring (bicyclic) bond motifs is 4. The van der Waals surface area contributed by atoms with Gasteiger partial charge in [0.2, 0.25) is 13.6 Å². The van der Waals surface area contributed by atoms with Gasteiger partial charge in [0.05, 0.1) is 11.8 Å². The van der Waals surface area contributed by atoms with Crippen molar-refractivity contribution in [3.8, 4) is 23.0 Å². The maximum Gasteiger partial charge on any atom is 0.231 e. The first-order valence-corrected chi connectivity index (χ1v) is 9.96. The van der Waals surface area contributed by atoms with Crippen LogP contribution in [0.25, 0.3) is 0 Å². The second-order valence-corrected chi connectivity index (χ2v) is 8.02. The van der Waals surface area contributed by atoms with Crippen molar-refractivity contribution in [1.29, 1.82) is 0 Å². The number of rotatable bonds is 2. The van der Waals surface area contributed by atoms with E-state index in [0.717, 1.165) is 53.4 Å². The van der Waals surface area contributed by atoms with Crippen LogP contribution in [-0.4, -0.2) is 19.4 Å². The van der Waals surface area contributed by atoms with Gasteiger partial charge in [-0.15, -0.1) is 0 Å². The Bertz CT molecular complexity index is 884. The third-order valence-corrected chi connectivity index (χ3v) is 6.61. The quantitative estimate of drug-likeness (QED) is 0.867. The molecule has 1 saturated heterocycles. The standard InChI is InChI=1S/C22H21NO5/c24-22-14-2-1-3-15(22)21(13-5-7-17-19(9-13)28-11-26-17)23-20(14)12-4-6-16-18(8-12)27-10-25-16/h4-9,14-15,20-21,23H,1-3,10-11H2/p+1/t14-,15-,20+,21+/m1/s1. The number of ketones is 1. The molecule has 6 nitrogen and oxygen atoms in total. The molecule has 6 rings (SSSR count). The molecule has 3 heterocycles. The Kier molecular flexibility index (Phi) is 3.56. The van der Waals surface area contributed by atoms with Gasteiger partial charge in [-0.3, -0.25) is 4.79 Å². The molecule has 2 fully saturated rings. The Balaban J connectivity index is 1.38. The molecule has 2 N–H and O–H groups in total. The van der Waals surface area contributed by atoms with Crippen molar-refractivity contribution >= 4 is 5.78 Å². The van der Waals surface area contributed by atoms with Crippen molar-refractivity contribution in [3.05, 3.63) is 47.5 Å². The summed E-state index contributed by atoms with van der Waals surface area (Å²) in [5, 5.41) is 2.38. The molecule has 0 amide bonds. The van der Waals surface area contributed by atoms with Crippen LogP contribution in [0.15, 0.2) is 36.4 Å². The number of nitrogens with two attached hydrogens (primary N) is 1. The molecule has 1 saturated carbocycles. The maximum atomic E-state index is 13.3. The summed E-state index contributed by atoms with van der Waals surface area (Å²) in [5.74, 6) is 3.62. The molecule has 2 aromatic rings. The van der Waals surface area contributed by atoms with Gasteiger partial charge in [0.25, 0.3) is 0 Å². The minimum absolute atomic E-state index is 0.0596. The molecule has 2 aromatic carbocycles. The molecule has 1 aliphatic carbocycles. The van der Waals surface area contributed by atoms with Gasteiger partial charge in [0.15, 0.2) is 28.8 Å². The highest BCUT2D eigenvalue weighted by Crippen LogP contribution is 2.44. The van der Waals surface area contributed by atoms with E-state index in [1.54, 1.807) is 0 Å². The van der Waals surface area contributed by atoms with Gasteiger partial charge in [0.1, 0.15) is 12.1 Å². The highest BCUT2D eigenvalue weighted by atomic mass is 16.7. The summed E-state index contributed by atoms with van der Waals surface area (Å²) < 4.78 is 22.0. The number of hydrogen-bond acceptors (Lipinski definition) is 5. The first-order chi connectivity index (χ1) is 13.8. The summed E-state index contributed by atoms with van der Waals surface area (Å²) >= 11 is 0. The number of carbonyl (C=O) groups is 1. The average molecular weight is 380 g/mol. The molecular formula is C22H22NO5+. The normalized spacial score (nSPS) is 29.8. The third-order valence-electron chi connectivity index (χ3n) is 6.61. The lowest BCUT2D eigenvalue weighted by Gasteiger charge is -2.42. The van der Waals surface area contributed by atoms with E-state index in [0.29, 0.717) is 5.78 Å². The lowest BCUT2D eigenvalue weighted by Crippen LogP contribution is -2.92. The highest BCUT2D eigenvalue weighted by molar-refractivity contribution is 5.86. The molecule has 0 unspecified atom stereocenters. The molecule has 4 aliphatic rings. The predicted octanol–water partition coefficient (Wildman–Crippen LogP) is 2.49. The number of Topliss-reactive ketones (excluding diaryl/α,β-unsaturated/α-hetero) is 1. The topological polar surface area (TPSA) is 70.6 Å². The van der Waals surface area contributed by atoms with Crippen LogP contribution in [-0.2, 0) is 4.79 Å². The van der Waals surface area contributed by atoms with Gasteiger partial charge in [0, 0.05) is 11.1 Å². The fourth-order valence-electron chi connectivity index (χ4n) is 5.25. The van der Waals surface area contributed by atoms with Crippen molar-refractivity contribution in [3.63, 3.8) is 0 Å². The van der Waals surface area contributed by atoms with Gasteiger partial charge in [-0.25, -0.2) is 0 Å². The van der Waals surface area contributed by atoms with Crippen LogP contribution >= 0.6 is 0 Å². The van der Waals surface area contributed by atoms with Gasteiger partial charge < -0.3 is 24.3 Å². The molecule has 0 radical (unpaired) electrons. The fourth-order valence-corrected chi connectivity index (χ4v) is 5.25. The zero-order chi connectivity index (χ0) is 18.7. The molecule has 28 heavy (non-hydrogen) atoms. The van der Waals surface area contributed by atoms with Crippen molar-refractivity contribution in [2.75, 3.05) is 13.6 Å². The summed E-state index contributed by atoms with van der Waals surface area (Å²) in [7, 11) is 0. The molecular weight excluding hydrogens is 358 g/mol. The largest absolute Gasteiger partial charge is 0.454 e. The Morgan fingerprint density at radius 2 is 1.21 bits per heavy atom. The van der Waals surface area contributed by atoms with Crippen LogP contribution in [0.4, 0.5) is 0 Å². The van der Waals surface area contributed by atoms with E-state index in [9.17, 15) is 4.79 Å². The zero-order valence-corrected chi connectivity index (χ0v) is 15.4. The minimum Gasteiger partial charge on any atom is -0.454 e. The minimum atomic E-state index is 0.0596. The van der Waals surface area contributed by atoms with Crippen molar-refractivity contribution < 1.29 is 29.1 Å². The number of piperidine rings is 1. The van der Waals surface area contributed by atoms with Gasteiger partial charge in [-0.1, -0.05) is 6.42 Å². The Labute approximate surface area is 162 Å². The van der Waals surface area contributed by atoms with Gasteiger partial charge in [-0.2, -0.15) is 0 Å². The van der Waals surface area contributed by atoms with Crippen LogP contribution in [0.1, 0.15) is 42.5 Å². The van der Waals surface area contributed by atoms with E-state index in [-0.39, 0.29) is 37.5 Å². The number of ether oxygens (including phenoxy) is 4. The van der Waals surface area contributed by atoms with Gasteiger partial charge >= 0.3 is 0 Å². The summed E-state index contributed by atoms with van der Waals surface area (Å²) in [6, 6.07) is 12.3. The molecule has 2 bridgehead atoms. The van der Waals surface area contributed by atoms with Crippen molar-refractivity contribution in [2.45, 2.75) is 31.3 Å². The van der Waals surface area contributed by atoms with Crippen molar-refractivity contribution in [2.24, 2.45) is 11.8 Å². The highest BCUT2D eigenvalue weighted by Gasteiger charge is 2.50. The number of carbonyl (C=O) groups excluding carboxylic acids is 1. The number of hydrogen-bond donors (Lipinski definition) is 1. The van der Waals surface area contributed by atoms with E-state index >= 15 is 0 Å². The van der Waals surface area contributed by atoms with Crippen molar-refractivity contribution in [1.82, 2.24) is 0 Å². The van der Waals surface area contributed by atoms with Crippen LogP contribution in [0.5, 0.6) is 23.0 Å². The summed E-state index contributed by atoms with van der Waals surface area (Å²) in [4.78, 5) is 13.3. The van der Waals surface area contributed by atoms with Crippen LogP contribution in [0.3, 0.4) is 0 Å². The van der Waals surface area contributed by atoms with Crippen LogP contribution in [0, 0.1) is 11.8 Å². The number of benzene rings is 2. The second kappa shape index (κ2) is 6.14. The summed E-state index contributed by atoms with van der Waals surface area (Å²) in [5.41, 5.74) is 2.27. The predicted molar refractivity (Wildman–Crippen MR) is 98.4 cm³/mol. The average Bonchev–Trinajstić information content (AvgIpc) is 3.36. The molecule has 144 valence electrons. The monoisotopic (exact) mass is 380 g/mol. The zero-order valence-electron chi connectivity index (χ0n) is 15.4. The van der Waals surface area contributed by atoms with Gasteiger partial charge in [-0.05, 0) is 49.2 Å². The van der Waals surface area contributed by atoms with Crippen LogP contribution in [0.2, 0.25) is 0 Å². The Hall–Kier alpha value is -2.73. The molecule has 0 spiro atoms. The van der Waals surface area contributed by atoms with E-state index in [1.165, 1.54) is 0 Å². The van der Waals surface area contributed by atoms with E-state index in [2.05, 4.69) is 17.4 Å². The molecule has 3 aliphatic heterocycles. The smallest absolute Gasteiger partial charge is 0.231 e. The lowest BCUT2D eigenvalue weighted by atomic mass is 9.67. The second-order valence-electron chi connectivity index (χ2n) is 8.02. The molecule has 4 atom stereocenters. The molecule has 0 aromatic heterocycles. The SMILES string of the molecule is O=C1[C@@H]2CCC[C@@H]1[C@H](c1ccc3c(c1)OCO3)[NH2+][C@H]2c1ccc2c(c1)OCO2. The first-order valence-electron chi connectivity index (χ1n) is 9.96. The summed E-state index contributed by atoms with van der Waals surface area (Å²) in [6.45, 7) is 0.523. The Morgan fingerprint density at radius 1 is 0.714 bits per heavy atom. The summed E-state index contributed by atoms with van der Waals surface area (Å²) in [6.07, 6.45) is 3.01. The lowest BCUT2D eigenvalue weighted by molar-refractivity contribution is -0.750. The molecule has 6 heteroatoms. The van der Waals surface area contributed by atoms with Crippen LogP contribution < -0.4 is 24.3 Å². The fraction of sp³-hybridized carbons (Fsp3) is 0.409. The third kappa shape index (κ3) is 2.41.